The fourth-order valence-electron chi connectivity index (χ4n) is 8.81. The molecule has 0 aromatic rings. The van der Waals surface area contributed by atoms with Gasteiger partial charge < -0.3 is 25.7 Å². The van der Waals surface area contributed by atoms with Gasteiger partial charge in [-0.05, 0) is 38.5 Å². The molecule has 0 fully saturated rings. The first-order valence-electron chi connectivity index (χ1n) is 27.7. The van der Waals surface area contributed by atoms with E-state index in [2.05, 4.69) is 43.5 Å². The molecule has 0 aromatic carbocycles. The SMILES string of the molecule is CCCCC/C=C\C=C/CCCCCCCC(O)C(=O)NC(CO)C(O)C(O)CCCCCCCCCCCCCCCCCCCCCCCCCCCCCCCCCC. The molecule has 0 rings (SSSR count). The van der Waals surface area contributed by atoms with Gasteiger partial charge in [-0.1, -0.05) is 282 Å². The Balaban J connectivity index is 3.55. The summed E-state index contributed by atoms with van der Waals surface area (Å²) >= 11 is 0. The fourth-order valence-corrected chi connectivity index (χ4v) is 8.81. The normalized spacial score (nSPS) is 14.0. The molecule has 4 unspecified atom stereocenters. The minimum absolute atomic E-state index is 0.352. The Morgan fingerprint density at radius 3 is 1.02 bits per heavy atom. The zero-order chi connectivity index (χ0) is 45.2. The summed E-state index contributed by atoms with van der Waals surface area (Å²) in [6.07, 6.45) is 61.1. The van der Waals surface area contributed by atoms with E-state index in [0.29, 0.717) is 12.8 Å². The maximum absolute atomic E-state index is 12.5. The van der Waals surface area contributed by atoms with Crippen LogP contribution < -0.4 is 5.32 Å². The van der Waals surface area contributed by atoms with Gasteiger partial charge >= 0.3 is 0 Å². The van der Waals surface area contributed by atoms with E-state index in [0.717, 1.165) is 64.2 Å². The van der Waals surface area contributed by atoms with Gasteiger partial charge in [-0.2, -0.15) is 0 Å². The minimum atomic E-state index is -1.26. The van der Waals surface area contributed by atoms with Crippen LogP contribution in [0, 0.1) is 0 Å². The molecule has 0 aromatic heterocycles. The van der Waals surface area contributed by atoms with Crippen molar-refractivity contribution in [1.82, 2.24) is 5.32 Å². The Hall–Kier alpha value is -1.21. The van der Waals surface area contributed by atoms with E-state index in [-0.39, 0.29) is 0 Å². The third kappa shape index (κ3) is 44.0. The number of aliphatic hydroxyl groups is 4. The second-order valence-electron chi connectivity index (χ2n) is 19.3. The van der Waals surface area contributed by atoms with Crippen LogP contribution >= 0.6 is 0 Å². The summed E-state index contributed by atoms with van der Waals surface area (Å²) in [7, 11) is 0. The van der Waals surface area contributed by atoms with Crippen molar-refractivity contribution < 1.29 is 25.2 Å². The predicted molar refractivity (Wildman–Crippen MR) is 270 cm³/mol. The van der Waals surface area contributed by atoms with E-state index in [9.17, 15) is 25.2 Å². The number of rotatable bonds is 51. The van der Waals surface area contributed by atoms with Crippen LogP contribution in [0.2, 0.25) is 0 Å². The van der Waals surface area contributed by atoms with Crippen molar-refractivity contribution in [3.8, 4) is 0 Å². The van der Waals surface area contributed by atoms with Crippen LogP contribution in [0.4, 0.5) is 0 Å². The van der Waals surface area contributed by atoms with E-state index in [1.807, 2.05) is 0 Å². The smallest absolute Gasteiger partial charge is 0.249 e. The highest BCUT2D eigenvalue weighted by molar-refractivity contribution is 5.80. The van der Waals surface area contributed by atoms with Gasteiger partial charge in [0, 0.05) is 0 Å². The lowest BCUT2D eigenvalue weighted by Gasteiger charge is -2.27. The summed E-state index contributed by atoms with van der Waals surface area (Å²) in [5, 5.41) is 43.9. The van der Waals surface area contributed by atoms with Gasteiger partial charge in [0.2, 0.25) is 5.91 Å². The average Bonchev–Trinajstić information content (AvgIpc) is 3.28. The topological polar surface area (TPSA) is 110 Å². The number of carbonyl (C=O) groups is 1. The van der Waals surface area contributed by atoms with Gasteiger partial charge in [0.15, 0.2) is 0 Å². The molecule has 0 heterocycles. The highest BCUT2D eigenvalue weighted by Crippen LogP contribution is 2.18. The summed E-state index contributed by atoms with van der Waals surface area (Å²) < 4.78 is 0. The molecular weight excluding hydrogens is 767 g/mol. The monoisotopic (exact) mass is 876 g/mol. The molecule has 4 atom stereocenters. The molecule has 0 saturated heterocycles. The zero-order valence-electron chi connectivity index (χ0n) is 41.6. The Morgan fingerprint density at radius 2 is 0.677 bits per heavy atom. The molecule has 62 heavy (non-hydrogen) atoms. The number of unbranched alkanes of at least 4 members (excludes halogenated alkanes) is 39. The molecule has 0 aliphatic heterocycles. The third-order valence-electron chi connectivity index (χ3n) is 13.2. The summed E-state index contributed by atoms with van der Waals surface area (Å²) in [6, 6.07) is -0.991. The van der Waals surface area contributed by atoms with Crippen molar-refractivity contribution in [1.29, 1.82) is 0 Å². The van der Waals surface area contributed by atoms with Crippen molar-refractivity contribution in [3.63, 3.8) is 0 Å². The molecule has 0 aliphatic rings. The zero-order valence-corrected chi connectivity index (χ0v) is 41.6. The van der Waals surface area contributed by atoms with Crippen LogP contribution in [0.25, 0.3) is 0 Å². The van der Waals surface area contributed by atoms with E-state index in [1.54, 1.807) is 0 Å². The van der Waals surface area contributed by atoms with Gasteiger partial charge in [-0.15, -0.1) is 0 Å². The first-order valence-corrected chi connectivity index (χ1v) is 27.7. The van der Waals surface area contributed by atoms with E-state index in [1.165, 1.54) is 205 Å². The van der Waals surface area contributed by atoms with Crippen LogP contribution in [0.15, 0.2) is 24.3 Å². The van der Waals surface area contributed by atoms with Gasteiger partial charge in [-0.3, -0.25) is 4.79 Å². The average molecular weight is 876 g/mol. The number of carbonyl (C=O) groups excluding carboxylic acids is 1. The number of aliphatic hydroxyl groups excluding tert-OH is 4. The number of amides is 1. The van der Waals surface area contributed by atoms with Crippen LogP contribution in [0.3, 0.4) is 0 Å². The number of hydrogen-bond acceptors (Lipinski definition) is 5. The molecule has 0 aliphatic carbocycles. The highest BCUT2D eigenvalue weighted by Gasteiger charge is 2.28. The number of allylic oxidation sites excluding steroid dienone is 4. The largest absolute Gasteiger partial charge is 0.394 e. The molecular formula is C56H109NO5. The molecule has 1 amide bonds. The highest BCUT2D eigenvalue weighted by atomic mass is 16.3. The quantitative estimate of drug-likeness (QED) is 0.0309. The molecule has 0 radical (unpaired) electrons. The van der Waals surface area contributed by atoms with E-state index < -0.39 is 36.9 Å². The Morgan fingerprint density at radius 1 is 0.403 bits per heavy atom. The summed E-state index contributed by atoms with van der Waals surface area (Å²) in [6.45, 7) is 4.04. The van der Waals surface area contributed by atoms with E-state index in [4.69, 9.17) is 0 Å². The molecule has 0 saturated carbocycles. The van der Waals surface area contributed by atoms with Crippen molar-refractivity contribution in [2.75, 3.05) is 6.61 Å². The fraction of sp³-hybridized carbons (Fsp3) is 0.911. The lowest BCUT2D eigenvalue weighted by Crippen LogP contribution is -2.53. The molecule has 0 bridgehead atoms. The molecule has 368 valence electrons. The number of nitrogens with one attached hydrogen (secondary N) is 1. The molecule has 0 spiro atoms. The van der Waals surface area contributed by atoms with Crippen LogP contribution in [-0.2, 0) is 4.79 Å². The maximum atomic E-state index is 12.5. The number of hydrogen-bond donors (Lipinski definition) is 5. The molecule has 6 heteroatoms. The van der Waals surface area contributed by atoms with Crippen molar-refractivity contribution in [3.05, 3.63) is 24.3 Å². The maximum Gasteiger partial charge on any atom is 0.249 e. The summed E-state index contributed by atoms with van der Waals surface area (Å²) in [5.41, 5.74) is 0. The summed E-state index contributed by atoms with van der Waals surface area (Å²) in [5.74, 6) is -0.593. The van der Waals surface area contributed by atoms with Crippen LogP contribution in [0.5, 0.6) is 0 Å². The predicted octanol–water partition coefficient (Wildman–Crippen LogP) is 15.9. The molecule has 6 nitrogen and oxygen atoms in total. The Kier molecular flexibility index (Phi) is 49.8. The second kappa shape index (κ2) is 50.8. The first-order chi connectivity index (χ1) is 30.5. The lowest BCUT2D eigenvalue weighted by molar-refractivity contribution is -0.132. The standard InChI is InChI=1S/C56H109NO5/c1-3-5-7-9-11-13-15-17-19-20-21-22-23-24-25-26-27-28-29-30-31-32-33-34-35-36-38-39-41-43-45-47-49-53(59)55(61)52(51-58)57-56(62)54(60)50-48-46-44-42-40-37-18-16-14-12-10-8-6-4-2/h12,14,16,18,52-55,58-61H,3-11,13,15,17,19-51H2,1-2H3,(H,57,62)/b14-12-,18-16-. The van der Waals surface area contributed by atoms with Gasteiger partial charge in [-0.25, -0.2) is 0 Å². The summed E-state index contributed by atoms with van der Waals surface area (Å²) in [4.78, 5) is 12.5. The third-order valence-corrected chi connectivity index (χ3v) is 13.2. The Labute approximate surface area is 386 Å². The van der Waals surface area contributed by atoms with Gasteiger partial charge in [0.25, 0.3) is 0 Å². The minimum Gasteiger partial charge on any atom is -0.394 e. The van der Waals surface area contributed by atoms with Crippen molar-refractivity contribution in [2.24, 2.45) is 0 Å². The Bertz CT molecular complexity index is 939. The van der Waals surface area contributed by atoms with Gasteiger partial charge in [0.1, 0.15) is 12.2 Å². The van der Waals surface area contributed by atoms with E-state index >= 15 is 0 Å². The van der Waals surface area contributed by atoms with Crippen molar-refractivity contribution >= 4 is 5.91 Å². The van der Waals surface area contributed by atoms with Crippen LogP contribution in [0.1, 0.15) is 296 Å². The molecule has 5 N–H and O–H groups in total. The van der Waals surface area contributed by atoms with Crippen molar-refractivity contribution in [2.45, 2.75) is 321 Å². The second-order valence-corrected chi connectivity index (χ2v) is 19.3. The lowest BCUT2D eigenvalue weighted by atomic mass is 9.99. The van der Waals surface area contributed by atoms with Crippen LogP contribution in [-0.4, -0.2) is 57.3 Å². The first kappa shape index (κ1) is 60.8. The van der Waals surface area contributed by atoms with Gasteiger partial charge in [0.05, 0.1) is 18.8 Å².